The first-order valence-electron chi connectivity index (χ1n) is 4.76. The molecule has 11 heavy (non-hydrogen) atoms. The molecule has 0 aromatic heterocycles. The molecule has 1 rings (SSSR count). The minimum absolute atomic E-state index is 0.0119. The standard InChI is InChI=1S/C9H19OSi/c1-3-6-9(11-2)7-4-5-8-10-9/h1,3-8,11H2,2H3. The van der Waals surface area contributed by atoms with Crippen molar-refractivity contribution in [1.82, 2.24) is 0 Å². The topological polar surface area (TPSA) is 9.23 Å². The van der Waals surface area contributed by atoms with E-state index in [0.717, 1.165) is 13.0 Å². The van der Waals surface area contributed by atoms with Gasteiger partial charge in [0, 0.05) is 6.61 Å². The second kappa shape index (κ2) is 4.26. The van der Waals surface area contributed by atoms with Crippen LogP contribution in [0.1, 0.15) is 32.1 Å². The molecular formula is C9H19OSi. The summed E-state index contributed by atoms with van der Waals surface area (Å²) in [5.74, 6) is 0. The highest BCUT2D eigenvalue weighted by Gasteiger charge is 2.29. The summed E-state index contributed by atoms with van der Waals surface area (Å²) in [4.78, 5) is 0. The third-order valence-corrected chi connectivity index (χ3v) is 4.91. The van der Waals surface area contributed by atoms with E-state index < -0.39 is 0 Å². The van der Waals surface area contributed by atoms with E-state index in [-0.39, 0.29) is 9.52 Å². The molecule has 1 heterocycles. The van der Waals surface area contributed by atoms with Crippen molar-refractivity contribution in [2.45, 2.75) is 43.9 Å². The van der Waals surface area contributed by atoms with E-state index in [1.165, 1.54) is 25.7 Å². The second-order valence-corrected chi connectivity index (χ2v) is 5.44. The van der Waals surface area contributed by atoms with Crippen molar-refractivity contribution in [3.8, 4) is 0 Å². The van der Waals surface area contributed by atoms with Crippen LogP contribution >= 0.6 is 0 Å². The van der Waals surface area contributed by atoms with Gasteiger partial charge in [-0.05, 0) is 25.7 Å². The van der Waals surface area contributed by atoms with Crippen LogP contribution in [0.4, 0.5) is 0 Å². The van der Waals surface area contributed by atoms with Crippen LogP contribution in [0.25, 0.3) is 0 Å². The Morgan fingerprint density at radius 3 is 2.82 bits per heavy atom. The van der Waals surface area contributed by atoms with Crippen molar-refractivity contribution in [1.29, 1.82) is 0 Å². The lowest BCUT2D eigenvalue weighted by atomic mass is 10.0. The van der Waals surface area contributed by atoms with E-state index >= 15 is 0 Å². The molecule has 1 nitrogen and oxygen atoms in total. The molecule has 65 valence electrons. The maximum Gasteiger partial charge on any atom is 0.0564 e. The molecule has 1 radical (unpaired) electrons. The van der Waals surface area contributed by atoms with Gasteiger partial charge in [-0.2, -0.15) is 0 Å². The quantitative estimate of drug-likeness (QED) is 0.587. The van der Waals surface area contributed by atoms with Crippen molar-refractivity contribution in [3.63, 3.8) is 0 Å². The molecule has 1 atom stereocenters. The summed E-state index contributed by atoms with van der Waals surface area (Å²) in [5.41, 5.74) is 0. The van der Waals surface area contributed by atoms with E-state index in [4.69, 9.17) is 4.74 Å². The average Bonchev–Trinajstić information content (AvgIpc) is 2.07. The van der Waals surface area contributed by atoms with Gasteiger partial charge in [-0.1, -0.05) is 19.9 Å². The maximum atomic E-state index is 5.88. The first-order valence-corrected chi connectivity index (χ1v) is 6.88. The first kappa shape index (κ1) is 9.27. The van der Waals surface area contributed by atoms with Crippen LogP contribution in [-0.4, -0.2) is 21.4 Å². The van der Waals surface area contributed by atoms with E-state index in [2.05, 4.69) is 13.5 Å². The van der Waals surface area contributed by atoms with Crippen molar-refractivity contribution in [2.24, 2.45) is 0 Å². The fraction of sp³-hybridized carbons (Fsp3) is 0.889. The van der Waals surface area contributed by atoms with Gasteiger partial charge >= 0.3 is 0 Å². The summed E-state index contributed by atoms with van der Waals surface area (Å²) in [5, 5.41) is 0.347. The molecule has 0 bridgehead atoms. The molecule has 0 aromatic carbocycles. The molecule has 1 aliphatic heterocycles. The molecule has 0 N–H and O–H groups in total. The summed E-state index contributed by atoms with van der Waals surface area (Å²) < 4.78 is 5.88. The van der Waals surface area contributed by atoms with Crippen LogP contribution in [0.2, 0.25) is 6.55 Å². The summed E-state index contributed by atoms with van der Waals surface area (Å²) in [6, 6.07) is 0. The maximum absolute atomic E-state index is 5.88. The lowest BCUT2D eigenvalue weighted by Crippen LogP contribution is -2.40. The lowest BCUT2D eigenvalue weighted by molar-refractivity contribution is -0.0244. The van der Waals surface area contributed by atoms with Crippen LogP contribution in [0.5, 0.6) is 0 Å². The Labute approximate surface area is 72.3 Å². The Bertz CT molecular complexity index is 103. The lowest BCUT2D eigenvalue weighted by Gasteiger charge is -2.36. The fourth-order valence-corrected chi connectivity index (χ4v) is 3.44. The van der Waals surface area contributed by atoms with Gasteiger partial charge in [-0.25, -0.2) is 0 Å². The van der Waals surface area contributed by atoms with Gasteiger partial charge in [0.25, 0.3) is 0 Å². The normalized spacial score (nSPS) is 33.3. The van der Waals surface area contributed by atoms with Gasteiger partial charge in [-0.15, -0.1) is 0 Å². The first-order chi connectivity index (χ1) is 5.33. The second-order valence-electron chi connectivity index (χ2n) is 3.45. The van der Waals surface area contributed by atoms with Crippen LogP contribution < -0.4 is 0 Å². The van der Waals surface area contributed by atoms with E-state index in [1.54, 1.807) is 0 Å². The van der Waals surface area contributed by atoms with Crippen LogP contribution in [0.3, 0.4) is 0 Å². The summed E-state index contributed by atoms with van der Waals surface area (Å²) >= 11 is 0. The highest BCUT2D eigenvalue weighted by Crippen LogP contribution is 2.28. The van der Waals surface area contributed by atoms with E-state index in [0.29, 0.717) is 5.22 Å². The van der Waals surface area contributed by atoms with Gasteiger partial charge < -0.3 is 4.74 Å². The zero-order chi connectivity index (χ0) is 8.16. The Balaban J connectivity index is 2.42. The zero-order valence-corrected chi connectivity index (χ0v) is 8.98. The molecule has 1 saturated heterocycles. The third kappa shape index (κ3) is 2.31. The van der Waals surface area contributed by atoms with Gasteiger partial charge in [-0.3, -0.25) is 0 Å². The van der Waals surface area contributed by atoms with Gasteiger partial charge in [0.05, 0.1) is 14.7 Å². The number of rotatable bonds is 3. The largest absolute Gasteiger partial charge is 0.379 e. The molecule has 0 spiro atoms. The summed E-state index contributed by atoms with van der Waals surface area (Å²) in [6.07, 6.45) is 6.20. The molecule has 0 aromatic rings. The molecule has 0 amide bonds. The Hall–Kier alpha value is 0.177. The van der Waals surface area contributed by atoms with Crippen molar-refractivity contribution >= 4 is 9.52 Å². The SMILES string of the molecule is [CH2]CCC1([SiH2]C)CCCCO1. The average molecular weight is 171 g/mol. The number of ether oxygens (including phenoxy) is 1. The highest BCUT2D eigenvalue weighted by molar-refractivity contribution is 6.37. The fourth-order valence-electron chi connectivity index (χ4n) is 1.89. The van der Waals surface area contributed by atoms with Crippen LogP contribution in [-0.2, 0) is 4.74 Å². The molecule has 1 fully saturated rings. The molecule has 0 aliphatic carbocycles. The Morgan fingerprint density at radius 1 is 1.55 bits per heavy atom. The van der Waals surface area contributed by atoms with Gasteiger partial charge in [0.1, 0.15) is 0 Å². The number of hydrogen-bond acceptors (Lipinski definition) is 1. The summed E-state index contributed by atoms with van der Waals surface area (Å²) in [6.45, 7) is 7.28. The van der Waals surface area contributed by atoms with Crippen LogP contribution in [0, 0.1) is 6.92 Å². The molecule has 1 aliphatic rings. The minimum atomic E-state index is -0.0119. The Morgan fingerprint density at radius 2 is 2.36 bits per heavy atom. The van der Waals surface area contributed by atoms with Gasteiger partial charge in [0.2, 0.25) is 0 Å². The molecular weight excluding hydrogens is 152 g/mol. The zero-order valence-electron chi connectivity index (χ0n) is 7.57. The third-order valence-electron chi connectivity index (χ3n) is 2.71. The van der Waals surface area contributed by atoms with Gasteiger partial charge in [0.15, 0.2) is 0 Å². The van der Waals surface area contributed by atoms with Crippen LogP contribution in [0.15, 0.2) is 0 Å². The molecule has 0 saturated carbocycles. The van der Waals surface area contributed by atoms with E-state index in [1.807, 2.05) is 0 Å². The predicted octanol–water partition coefficient (Wildman–Crippen LogP) is 1.71. The Kier molecular flexibility index (Phi) is 3.59. The number of hydrogen-bond donors (Lipinski definition) is 0. The molecule has 1 unspecified atom stereocenters. The molecule has 2 heteroatoms. The van der Waals surface area contributed by atoms with Crippen molar-refractivity contribution in [2.75, 3.05) is 6.61 Å². The smallest absolute Gasteiger partial charge is 0.0564 e. The van der Waals surface area contributed by atoms with E-state index in [9.17, 15) is 0 Å². The predicted molar refractivity (Wildman–Crippen MR) is 51.5 cm³/mol. The van der Waals surface area contributed by atoms with Crippen molar-refractivity contribution in [3.05, 3.63) is 6.92 Å². The highest BCUT2D eigenvalue weighted by atomic mass is 28.2. The van der Waals surface area contributed by atoms with Crippen molar-refractivity contribution < 1.29 is 4.74 Å². The summed E-state index contributed by atoms with van der Waals surface area (Å²) in [7, 11) is -0.0119. The monoisotopic (exact) mass is 171 g/mol. The minimum Gasteiger partial charge on any atom is -0.379 e.